The van der Waals surface area contributed by atoms with Crippen molar-refractivity contribution in [3.63, 3.8) is 0 Å². The molecule has 14 nitrogen and oxygen atoms in total. The molecule has 254 valence electrons. The Balaban J connectivity index is 1.41. The third-order valence-electron chi connectivity index (χ3n) is 9.96. The van der Waals surface area contributed by atoms with Crippen molar-refractivity contribution in [3.05, 3.63) is 10.4 Å². The first-order valence-electron chi connectivity index (χ1n) is 16.0. The maximum atomic E-state index is 11.5. The van der Waals surface area contributed by atoms with Crippen molar-refractivity contribution in [2.24, 2.45) is 40.6 Å². The van der Waals surface area contributed by atoms with Crippen LogP contribution in [0.25, 0.3) is 10.4 Å². The number of rotatable bonds is 10. The van der Waals surface area contributed by atoms with E-state index in [1.807, 2.05) is 55.4 Å². The summed E-state index contributed by atoms with van der Waals surface area (Å²) in [5.41, 5.74) is 8.54. The van der Waals surface area contributed by atoms with Gasteiger partial charge in [-0.25, -0.2) is 0 Å². The van der Waals surface area contributed by atoms with E-state index in [0.29, 0.717) is 6.61 Å². The van der Waals surface area contributed by atoms with Crippen molar-refractivity contribution in [2.75, 3.05) is 26.4 Å². The molecular weight excluding hydrogens is 578 g/mol. The number of ether oxygens (including phenoxy) is 8. The number of aliphatic hydroxyl groups excluding tert-OH is 3. The zero-order valence-electron chi connectivity index (χ0n) is 27.2. The lowest BCUT2D eigenvalue weighted by molar-refractivity contribution is -0.355. The predicted octanol–water partition coefficient (Wildman–Crippen LogP) is 2.57. The van der Waals surface area contributed by atoms with E-state index in [2.05, 4.69) is 10.0 Å². The predicted molar refractivity (Wildman–Crippen MR) is 156 cm³/mol. The molecule has 4 aliphatic rings. The Morgan fingerprint density at radius 3 is 1.73 bits per heavy atom. The van der Waals surface area contributed by atoms with E-state index in [1.165, 1.54) is 0 Å². The normalized spacial score (nSPS) is 50.2. The Bertz CT molecular complexity index is 959. The van der Waals surface area contributed by atoms with Crippen molar-refractivity contribution in [1.29, 1.82) is 0 Å². The summed E-state index contributed by atoms with van der Waals surface area (Å²) in [6.45, 7) is 16.6. The van der Waals surface area contributed by atoms with E-state index < -0.39 is 55.7 Å². The average molecular weight is 632 g/mol. The van der Waals surface area contributed by atoms with Crippen molar-refractivity contribution < 1.29 is 53.2 Å². The second-order valence-electron chi connectivity index (χ2n) is 13.3. The van der Waals surface area contributed by atoms with Crippen molar-refractivity contribution in [2.45, 2.75) is 129 Å². The molecule has 6 unspecified atom stereocenters. The molecule has 4 saturated heterocycles. The Labute approximate surface area is 260 Å². The number of hydrogen-bond acceptors (Lipinski definition) is 12. The highest BCUT2D eigenvalue weighted by Crippen LogP contribution is 2.39. The van der Waals surface area contributed by atoms with E-state index in [-0.39, 0.29) is 73.6 Å². The highest BCUT2D eigenvalue weighted by Gasteiger charge is 2.50. The molecule has 18 atom stereocenters. The molecule has 14 heteroatoms. The number of nitrogens with zero attached hydrogens (tertiary/aromatic N) is 3. The van der Waals surface area contributed by atoms with E-state index in [4.69, 9.17) is 43.4 Å². The van der Waals surface area contributed by atoms with Crippen molar-refractivity contribution in [1.82, 2.24) is 0 Å². The summed E-state index contributed by atoms with van der Waals surface area (Å²) in [6, 6.07) is 0. The van der Waals surface area contributed by atoms with Gasteiger partial charge in [0.1, 0.15) is 12.2 Å². The Morgan fingerprint density at radius 2 is 1.14 bits per heavy atom. The van der Waals surface area contributed by atoms with Gasteiger partial charge in [-0.05, 0) is 19.4 Å². The standard InChI is InChI=1S/C30H53N3O11/c1-13-11-38-29(22(35)21(13)34)43-26-16(4)20(8)41-28(18(26)6)42-24-14(2)12-39-30(23(24)36)44-25-15(3)19(7)40-27(17(25)5)37-10-9-32-33-31/h13-30,34-36H,9-12H2,1-8H3/t13-,14-,15-,16-,17?,18?,19?,20?,21+,22?,23?,24+,25+,26+,27-,28+,29-,30-/m1/s1. The third kappa shape index (κ3) is 7.87. The molecule has 3 N–H and O–H groups in total. The lowest BCUT2D eigenvalue weighted by Crippen LogP contribution is -2.59. The first-order chi connectivity index (χ1) is 20.8. The molecule has 4 heterocycles. The van der Waals surface area contributed by atoms with Crippen LogP contribution in [0.5, 0.6) is 0 Å². The largest absolute Gasteiger partial charge is 0.390 e. The fourth-order valence-electron chi connectivity index (χ4n) is 6.61. The van der Waals surface area contributed by atoms with E-state index in [0.717, 1.165) is 0 Å². The molecule has 0 aromatic carbocycles. The van der Waals surface area contributed by atoms with Crippen LogP contribution in [0, 0.1) is 35.5 Å². The zero-order chi connectivity index (χ0) is 32.3. The van der Waals surface area contributed by atoms with Crippen LogP contribution in [0.2, 0.25) is 0 Å². The fourth-order valence-corrected chi connectivity index (χ4v) is 6.61. The summed E-state index contributed by atoms with van der Waals surface area (Å²) in [4.78, 5) is 2.75. The van der Waals surface area contributed by atoms with Crippen LogP contribution in [0.1, 0.15) is 55.4 Å². The molecule has 44 heavy (non-hydrogen) atoms. The molecule has 0 amide bonds. The van der Waals surface area contributed by atoms with Gasteiger partial charge in [0.2, 0.25) is 0 Å². The van der Waals surface area contributed by atoms with Gasteiger partial charge in [0.05, 0.1) is 56.4 Å². The Kier molecular flexibility index (Phi) is 12.7. The van der Waals surface area contributed by atoms with Gasteiger partial charge >= 0.3 is 0 Å². The minimum Gasteiger partial charge on any atom is -0.390 e. The Morgan fingerprint density at radius 1 is 0.636 bits per heavy atom. The third-order valence-corrected chi connectivity index (χ3v) is 9.96. The lowest BCUT2D eigenvalue weighted by atomic mass is 9.85. The highest BCUT2D eigenvalue weighted by molar-refractivity contribution is 4.91. The summed E-state index contributed by atoms with van der Waals surface area (Å²) in [5, 5.41) is 36.0. The van der Waals surface area contributed by atoms with Crippen molar-refractivity contribution in [3.8, 4) is 0 Å². The van der Waals surface area contributed by atoms with Gasteiger partial charge in [0.25, 0.3) is 0 Å². The quantitative estimate of drug-likeness (QED) is 0.139. The molecule has 4 fully saturated rings. The lowest BCUT2D eigenvalue weighted by Gasteiger charge is -2.49. The fraction of sp³-hybridized carbons (Fsp3) is 1.00. The van der Waals surface area contributed by atoms with Crippen LogP contribution in [-0.2, 0) is 37.9 Å². The number of azide groups is 1. The van der Waals surface area contributed by atoms with Gasteiger partial charge in [0, 0.05) is 47.0 Å². The SMILES string of the molecule is CC1O[C@@H](O[C@@H]2C(O)[C@@H](O[C@@H]3C(C)[C@H](OCCN=[N+]=[N-])OC(C)[C@H]3C)OC[C@H]2C)C(C)[C@@H](O[C@H]2OC[C@@H](C)[C@H](O)C2O)[C@@H]1C. The molecule has 0 aliphatic carbocycles. The van der Waals surface area contributed by atoms with Crippen LogP contribution in [0.15, 0.2) is 5.11 Å². The molecule has 4 rings (SSSR count). The molecule has 0 bridgehead atoms. The summed E-state index contributed by atoms with van der Waals surface area (Å²) in [7, 11) is 0. The van der Waals surface area contributed by atoms with Gasteiger partial charge in [-0.2, -0.15) is 0 Å². The minimum absolute atomic E-state index is 0.0164. The van der Waals surface area contributed by atoms with Gasteiger partial charge in [0.15, 0.2) is 25.2 Å². The van der Waals surface area contributed by atoms with Gasteiger partial charge in [-0.15, -0.1) is 0 Å². The van der Waals surface area contributed by atoms with Crippen LogP contribution in [-0.4, -0.2) is 116 Å². The summed E-state index contributed by atoms with van der Waals surface area (Å²) in [5.74, 6) is -0.899. The molecule has 0 aromatic rings. The smallest absolute Gasteiger partial charge is 0.186 e. The van der Waals surface area contributed by atoms with Gasteiger partial charge < -0.3 is 53.2 Å². The van der Waals surface area contributed by atoms with Crippen LogP contribution in [0.3, 0.4) is 0 Å². The molecule has 0 aromatic heterocycles. The topological polar surface area (TPSA) is 183 Å². The van der Waals surface area contributed by atoms with Crippen LogP contribution in [0.4, 0.5) is 0 Å². The first-order valence-corrected chi connectivity index (χ1v) is 16.0. The van der Waals surface area contributed by atoms with Crippen LogP contribution >= 0.6 is 0 Å². The summed E-state index contributed by atoms with van der Waals surface area (Å²) >= 11 is 0. The van der Waals surface area contributed by atoms with E-state index in [1.54, 1.807) is 0 Å². The maximum Gasteiger partial charge on any atom is 0.186 e. The zero-order valence-corrected chi connectivity index (χ0v) is 27.2. The second-order valence-corrected chi connectivity index (χ2v) is 13.3. The van der Waals surface area contributed by atoms with Crippen LogP contribution < -0.4 is 0 Å². The van der Waals surface area contributed by atoms with Gasteiger partial charge in [-0.1, -0.05) is 46.7 Å². The second kappa shape index (κ2) is 15.6. The highest BCUT2D eigenvalue weighted by atomic mass is 16.7. The molecule has 4 aliphatic heterocycles. The van der Waals surface area contributed by atoms with Crippen molar-refractivity contribution >= 4 is 0 Å². The first kappa shape index (κ1) is 35.7. The average Bonchev–Trinajstić information content (AvgIpc) is 2.99. The summed E-state index contributed by atoms with van der Waals surface area (Å²) < 4.78 is 49.2. The minimum atomic E-state index is -1.17. The monoisotopic (exact) mass is 631 g/mol. The maximum absolute atomic E-state index is 11.5. The molecule has 0 saturated carbocycles. The molecule has 0 spiro atoms. The van der Waals surface area contributed by atoms with E-state index in [9.17, 15) is 15.3 Å². The molecular formula is C30H53N3O11. The number of hydrogen-bond donors (Lipinski definition) is 3. The Hall–Kier alpha value is -1.13. The van der Waals surface area contributed by atoms with Gasteiger partial charge in [-0.3, -0.25) is 0 Å². The van der Waals surface area contributed by atoms with E-state index >= 15 is 0 Å². The molecule has 0 radical (unpaired) electrons. The number of aliphatic hydroxyl groups is 3. The summed E-state index contributed by atoms with van der Waals surface area (Å²) in [6.07, 6.45) is -8.24.